The molecule has 1 aromatic heterocycles. The predicted octanol–water partition coefficient (Wildman–Crippen LogP) is 3.92. The summed E-state index contributed by atoms with van der Waals surface area (Å²) in [5.41, 5.74) is 9.78. The zero-order valence-electron chi connectivity index (χ0n) is 15.9. The molecule has 1 amide bonds. The van der Waals surface area contributed by atoms with Gasteiger partial charge in [0.1, 0.15) is 11.3 Å². The van der Waals surface area contributed by atoms with Crippen LogP contribution >= 0.6 is 0 Å². The number of carbonyl (C=O) groups excluding carboxylic acids is 1. The lowest BCUT2D eigenvalue weighted by atomic mass is 9.88. The maximum Gasteiger partial charge on any atom is 0.250 e. The molecule has 2 heterocycles. The summed E-state index contributed by atoms with van der Waals surface area (Å²) in [7, 11) is 0. The molecule has 2 aromatic carbocycles. The number of piperidine rings is 1. The summed E-state index contributed by atoms with van der Waals surface area (Å²) in [6.07, 6.45) is 2.42. The quantitative estimate of drug-likeness (QED) is 0.739. The second kappa shape index (κ2) is 7.16. The number of H-pyrrole nitrogens is 1. The van der Waals surface area contributed by atoms with E-state index in [9.17, 15) is 4.79 Å². The second-order valence-corrected chi connectivity index (χ2v) is 7.68. The highest BCUT2D eigenvalue weighted by atomic mass is 16.1. The molecular weight excluding hydrogens is 336 g/mol. The average molecular weight is 362 g/mol. The van der Waals surface area contributed by atoms with Crippen LogP contribution in [0.25, 0.3) is 22.4 Å². The number of nitrogens with two attached hydrogens (primary N) is 1. The highest BCUT2D eigenvalue weighted by Crippen LogP contribution is 2.30. The molecule has 1 saturated heterocycles. The number of imidazole rings is 1. The van der Waals surface area contributed by atoms with Crippen molar-refractivity contribution >= 4 is 16.9 Å². The van der Waals surface area contributed by atoms with Gasteiger partial charge in [-0.3, -0.25) is 4.79 Å². The zero-order valence-corrected chi connectivity index (χ0v) is 15.9. The Hall–Kier alpha value is -2.66. The number of primary amides is 1. The molecule has 3 aromatic rings. The smallest absolute Gasteiger partial charge is 0.250 e. The van der Waals surface area contributed by atoms with Gasteiger partial charge in [-0.15, -0.1) is 0 Å². The zero-order chi connectivity index (χ0) is 19.0. The number of carbonyl (C=O) groups is 1. The Labute approximate surface area is 159 Å². The van der Waals surface area contributed by atoms with Gasteiger partial charge >= 0.3 is 0 Å². The Balaban J connectivity index is 1.55. The third-order valence-electron chi connectivity index (χ3n) is 5.69. The van der Waals surface area contributed by atoms with Gasteiger partial charge in [-0.25, -0.2) is 4.98 Å². The molecule has 0 bridgehead atoms. The summed E-state index contributed by atoms with van der Waals surface area (Å²) < 4.78 is 0. The minimum absolute atomic E-state index is 0.448. The van der Waals surface area contributed by atoms with E-state index in [2.05, 4.69) is 53.0 Å². The third-order valence-corrected chi connectivity index (χ3v) is 5.69. The van der Waals surface area contributed by atoms with Gasteiger partial charge in [-0.1, -0.05) is 30.3 Å². The Morgan fingerprint density at radius 2 is 1.85 bits per heavy atom. The van der Waals surface area contributed by atoms with Crippen molar-refractivity contribution in [2.45, 2.75) is 38.6 Å². The number of amides is 1. The maximum atomic E-state index is 11.6. The van der Waals surface area contributed by atoms with E-state index >= 15 is 0 Å². The number of nitrogens with one attached hydrogen (secondary N) is 1. The molecule has 0 aliphatic carbocycles. The van der Waals surface area contributed by atoms with Crippen LogP contribution < -0.4 is 5.73 Å². The Bertz CT molecular complexity index is 950. The molecule has 1 aliphatic rings. The van der Waals surface area contributed by atoms with Crippen LogP contribution in [0.5, 0.6) is 0 Å². The summed E-state index contributed by atoms with van der Waals surface area (Å²) in [5.74, 6) is 0.938. The lowest BCUT2D eigenvalue weighted by molar-refractivity contribution is 0.100. The molecule has 4 rings (SSSR count). The number of fused-ring (bicyclic) bond motifs is 1. The van der Waals surface area contributed by atoms with E-state index in [4.69, 9.17) is 5.73 Å². The Morgan fingerprint density at radius 3 is 2.48 bits per heavy atom. The number of para-hydroxylation sites is 1. The molecule has 5 nitrogen and oxygen atoms in total. The number of rotatable bonds is 4. The first kappa shape index (κ1) is 17.7. The molecule has 0 unspecified atom stereocenters. The first-order chi connectivity index (χ1) is 13.0. The van der Waals surface area contributed by atoms with Crippen molar-refractivity contribution in [3.8, 4) is 11.4 Å². The molecular formula is C22H26N4O. The number of hydrogen-bond donors (Lipinski definition) is 2. The van der Waals surface area contributed by atoms with Crippen molar-refractivity contribution in [3.63, 3.8) is 0 Å². The van der Waals surface area contributed by atoms with Gasteiger partial charge in [0.05, 0.1) is 11.1 Å². The SMILES string of the molecule is CC(C)N1CCC(c2ccc(-c3nc4c(C(N)=O)cccc4[nH]3)cc2)CC1. The van der Waals surface area contributed by atoms with Gasteiger partial charge in [0.2, 0.25) is 0 Å². The van der Waals surface area contributed by atoms with Gasteiger partial charge in [0.15, 0.2) is 0 Å². The minimum atomic E-state index is -0.457. The molecule has 0 saturated carbocycles. The van der Waals surface area contributed by atoms with Crippen molar-refractivity contribution in [3.05, 3.63) is 53.6 Å². The third kappa shape index (κ3) is 3.47. The molecule has 140 valence electrons. The molecule has 5 heteroatoms. The first-order valence-electron chi connectivity index (χ1n) is 9.66. The highest BCUT2D eigenvalue weighted by Gasteiger charge is 2.22. The molecule has 0 radical (unpaired) electrons. The maximum absolute atomic E-state index is 11.6. The topological polar surface area (TPSA) is 75.0 Å². The van der Waals surface area contributed by atoms with Crippen molar-refractivity contribution < 1.29 is 4.79 Å². The van der Waals surface area contributed by atoms with E-state index in [0.717, 1.165) is 16.9 Å². The molecule has 0 spiro atoms. The van der Waals surface area contributed by atoms with Crippen LogP contribution in [0.4, 0.5) is 0 Å². The highest BCUT2D eigenvalue weighted by molar-refractivity contribution is 6.04. The Morgan fingerprint density at radius 1 is 1.15 bits per heavy atom. The molecule has 1 fully saturated rings. The number of benzene rings is 2. The fraction of sp³-hybridized carbons (Fsp3) is 0.364. The summed E-state index contributed by atoms with van der Waals surface area (Å²) in [5, 5.41) is 0. The van der Waals surface area contributed by atoms with E-state index in [0.29, 0.717) is 23.0 Å². The van der Waals surface area contributed by atoms with Crippen LogP contribution in [0.1, 0.15) is 48.5 Å². The summed E-state index contributed by atoms with van der Waals surface area (Å²) in [6, 6.07) is 14.7. The lowest BCUT2D eigenvalue weighted by Crippen LogP contribution is -2.37. The molecule has 1 aliphatic heterocycles. The van der Waals surface area contributed by atoms with Crippen LogP contribution in [0.3, 0.4) is 0 Å². The van der Waals surface area contributed by atoms with Gasteiger partial charge in [0, 0.05) is 11.6 Å². The van der Waals surface area contributed by atoms with E-state index < -0.39 is 5.91 Å². The van der Waals surface area contributed by atoms with Crippen LogP contribution in [0.15, 0.2) is 42.5 Å². The fourth-order valence-electron chi connectivity index (χ4n) is 4.03. The van der Waals surface area contributed by atoms with Crippen LogP contribution in [-0.4, -0.2) is 39.9 Å². The molecule has 3 N–H and O–H groups in total. The van der Waals surface area contributed by atoms with Crippen molar-refractivity contribution in [2.24, 2.45) is 5.73 Å². The van der Waals surface area contributed by atoms with Gasteiger partial charge < -0.3 is 15.6 Å². The Kier molecular flexibility index (Phi) is 4.70. The summed E-state index contributed by atoms with van der Waals surface area (Å²) in [4.78, 5) is 22.1. The normalized spacial score (nSPS) is 16.3. The summed E-state index contributed by atoms with van der Waals surface area (Å²) in [6.45, 7) is 6.88. The number of aromatic nitrogens is 2. The van der Waals surface area contributed by atoms with Gasteiger partial charge in [0.25, 0.3) is 5.91 Å². The average Bonchev–Trinajstić information content (AvgIpc) is 3.12. The van der Waals surface area contributed by atoms with Gasteiger partial charge in [-0.05, 0) is 63.4 Å². The van der Waals surface area contributed by atoms with Crippen LogP contribution in [0.2, 0.25) is 0 Å². The fourth-order valence-corrected chi connectivity index (χ4v) is 4.03. The molecule has 0 atom stereocenters. The number of nitrogens with zero attached hydrogens (tertiary/aromatic N) is 2. The van der Waals surface area contributed by atoms with Crippen molar-refractivity contribution in [2.75, 3.05) is 13.1 Å². The van der Waals surface area contributed by atoms with E-state index in [-0.39, 0.29) is 0 Å². The second-order valence-electron chi connectivity index (χ2n) is 7.68. The van der Waals surface area contributed by atoms with Crippen LogP contribution in [0, 0.1) is 0 Å². The molecule has 27 heavy (non-hydrogen) atoms. The first-order valence-corrected chi connectivity index (χ1v) is 9.66. The van der Waals surface area contributed by atoms with Crippen molar-refractivity contribution in [1.29, 1.82) is 0 Å². The monoisotopic (exact) mass is 362 g/mol. The number of likely N-dealkylation sites (tertiary alicyclic amines) is 1. The largest absolute Gasteiger partial charge is 0.366 e. The standard InChI is InChI=1S/C22H26N4O/c1-14(2)26-12-10-16(11-13-26)15-6-8-17(9-7-15)22-24-19-5-3-4-18(21(23)27)20(19)25-22/h3-9,14,16H,10-13H2,1-2H3,(H2,23,27)(H,24,25). The van der Waals surface area contributed by atoms with Crippen molar-refractivity contribution in [1.82, 2.24) is 14.9 Å². The number of hydrogen-bond acceptors (Lipinski definition) is 3. The van der Waals surface area contributed by atoms with Crippen LogP contribution in [-0.2, 0) is 0 Å². The lowest BCUT2D eigenvalue weighted by Gasteiger charge is -2.34. The van der Waals surface area contributed by atoms with E-state index in [1.165, 1.54) is 31.5 Å². The van der Waals surface area contributed by atoms with E-state index in [1.807, 2.05) is 12.1 Å². The van der Waals surface area contributed by atoms with Gasteiger partial charge in [-0.2, -0.15) is 0 Å². The predicted molar refractivity (Wildman–Crippen MR) is 109 cm³/mol. The number of aromatic amines is 1. The minimum Gasteiger partial charge on any atom is -0.366 e. The summed E-state index contributed by atoms with van der Waals surface area (Å²) >= 11 is 0. The van der Waals surface area contributed by atoms with E-state index in [1.54, 1.807) is 6.07 Å².